The molecule has 8 aromatic rings. The molecule has 0 aliphatic rings. The Hall–Kier alpha value is -6.72. The van der Waals surface area contributed by atoms with Gasteiger partial charge in [0.2, 0.25) is 0 Å². The minimum Gasteiger partial charge on any atom is -0.355 e. The van der Waals surface area contributed by atoms with E-state index < -0.39 is 0 Å². The van der Waals surface area contributed by atoms with Gasteiger partial charge in [-0.3, -0.25) is 0 Å². The Kier molecular flexibility index (Phi) is 7.98. The van der Waals surface area contributed by atoms with Crippen LogP contribution in [-0.2, 0) is 0 Å². The first-order valence-electron chi connectivity index (χ1n) is 16.2. The second-order valence-electron chi connectivity index (χ2n) is 11.8. The van der Waals surface area contributed by atoms with Crippen LogP contribution in [0.1, 0.15) is 5.56 Å². The molecule has 232 valence electrons. The summed E-state index contributed by atoms with van der Waals surface area (Å²) in [5, 5.41) is 13.8. The molecule has 5 heteroatoms. The van der Waals surface area contributed by atoms with Crippen molar-refractivity contribution in [2.75, 3.05) is 5.32 Å². The molecule has 0 aliphatic carbocycles. The summed E-state index contributed by atoms with van der Waals surface area (Å²) in [6.45, 7) is 0. The zero-order valence-electron chi connectivity index (χ0n) is 26.6. The molecule has 0 unspecified atom stereocenters. The van der Waals surface area contributed by atoms with Gasteiger partial charge in [0.25, 0.3) is 0 Å². The lowest BCUT2D eigenvalue weighted by Crippen LogP contribution is -2.00. The second kappa shape index (κ2) is 13.2. The maximum Gasteiger partial charge on any atom is 0.164 e. The van der Waals surface area contributed by atoms with Crippen molar-refractivity contribution < 1.29 is 0 Å². The van der Waals surface area contributed by atoms with Crippen molar-refractivity contribution in [2.45, 2.75) is 0 Å². The maximum absolute atomic E-state index is 8.11. The Labute approximate surface area is 285 Å². The van der Waals surface area contributed by atoms with Gasteiger partial charge >= 0.3 is 0 Å². The van der Waals surface area contributed by atoms with E-state index in [-0.39, 0.29) is 0 Å². The van der Waals surface area contributed by atoms with Crippen LogP contribution in [0.25, 0.3) is 67.2 Å². The van der Waals surface area contributed by atoms with Gasteiger partial charge in [0.05, 0.1) is 0 Å². The van der Waals surface area contributed by atoms with Crippen LogP contribution in [0.2, 0.25) is 0 Å². The predicted octanol–water partition coefficient (Wildman–Crippen LogP) is 11.1. The number of aromatic nitrogens is 3. The van der Waals surface area contributed by atoms with E-state index in [9.17, 15) is 0 Å². The molecule has 0 saturated heterocycles. The van der Waals surface area contributed by atoms with Gasteiger partial charge in [0.15, 0.2) is 17.5 Å². The number of nitrogens with zero attached hydrogens (tertiary/aromatic N) is 3. The van der Waals surface area contributed by atoms with E-state index in [4.69, 9.17) is 20.4 Å². The third kappa shape index (κ3) is 6.21. The van der Waals surface area contributed by atoms with Crippen LogP contribution in [-0.4, -0.2) is 21.2 Å². The highest BCUT2D eigenvalue weighted by Crippen LogP contribution is 2.33. The molecule has 7 aromatic carbocycles. The first kappa shape index (κ1) is 29.7. The van der Waals surface area contributed by atoms with Gasteiger partial charge in [-0.2, -0.15) is 0 Å². The third-order valence-corrected chi connectivity index (χ3v) is 8.61. The zero-order valence-corrected chi connectivity index (χ0v) is 26.6. The molecule has 8 rings (SSSR count). The Morgan fingerprint density at radius 2 is 0.878 bits per heavy atom. The summed E-state index contributed by atoms with van der Waals surface area (Å²) in [7, 11) is 0. The molecule has 1 aromatic heterocycles. The van der Waals surface area contributed by atoms with E-state index in [2.05, 4.69) is 96.3 Å². The van der Waals surface area contributed by atoms with Gasteiger partial charge in [-0.1, -0.05) is 140 Å². The molecule has 0 amide bonds. The van der Waals surface area contributed by atoms with Crippen molar-refractivity contribution in [3.05, 3.63) is 175 Å². The molecule has 0 aliphatic heterocycles. The fourth-order valence-electron chi connectivity index (χ4n) is 6.15. The van der Waals surface area contributed by atoms with Gasteiger partial charge in [-0.15, -0.1) is 0 Å². The molecule has 1 heterocycles. The predicted molar refractivity (Wildman–Crippen MR) is 202 cm³/mol. The molecule has 5 nitrogen and oxygen atoms in total. The third-order valence-electron chi connectivity index (χ3n) is 8.61. The van der Waals surface area contributed by atoms with E-state index in [1.165, 1.54) is 6.21 Å². The fraction of sp³-hybridized carbons (Fsp3) is 0. The molecule has 2 N–H and O–H groups in total. The van der Waals surface area contributed by atoms with Crippen LogP contribution in [0, 0.1) is 5.41 Å². The summed E-state index contributed by atoms with van der Waals surface area (Å²) in [4.78, 5) is 14.7. The smallest absolute Gasteiger partial charge is 0.164 e. The SMILES string of the molecule is N=Cc1c(Nc2cccc(-c3cccc(-c4cccc(-c5nc(-c6ccccc6)nc(-c6ccccc6)n5)c4)c3)c2)ccc2ccccc12. The van der Waals surface area contributed by atoms with Gasteiger partial charge in [0, 0.05) is 39.8 Å². The summed E-state index contributed by atoms with van der Waals surface area (Å²) in [6.07, 6.45) is 1.42. The molecule has 0 spiro atoms. The summed E-state index contributed by atoms with van der Waals surface area (Å²) in [5.74, 6) is 1.91. The van der Waals surface area contributed by atoms with Crippen LogP contribution in [0.4, 0.5) is 11.4 Å². The highest BCUT2D eigenvalue weighted by atomic mass is 15.0. The van der Waals surface area contributed by atoms with Crippen molar-refractivity contribution in [1.82, 2.24) is 15.0 Å². The van der Waals surface area contributed by atoms with E-state index >= 15 is 0 Å². The molecule has 0 radical (unpaired) electrons. The first-order valence-corrected chi connectivity index (χ1v) is 16.2. The lowest BCUT2D eigenvalue weighted by Gasteiger charge is -2.14. The quantitative estimate of drug-likeness (QED) is 0.164. The maximum atomic E-state index is 8.11. The summed E-state index contributed by atoms with van der Waals surface area (Å²) < 4.78 is 0. The van der Waals surface area contributed by atoms with Crippen molar-refractivity contribution in [1.29, 1.82) is 5.41 Å². The van der Waals surface area contributed by atoms with E-state index in [0.29, 0.717) is 17.5 Å². The molecule has 0 fully saturated rings. The van der Waals surface area contributed by atoms with Crippen molar-refractivity contribution in [3.8, 4) is 56.4 Å². The van der Waals surface area contributed by atoms with Crippen molar-refractivity contribution in [2.24, 2.45) is 0 Å². The number of anilines is 2. The standard InChI is InChI=1S/C44H31N5/c45-29-40-39-23-8-7-12-30(39)24-25-41(40)46-38-22-11-20-36(28-38)34-18-9-17-33(26-34)35-19-10-21-37(27-35)44-48-42(31-13-3-1-4-14-31)47-43(49-44)32-15-5-2-6-16-32/h1-29,45-46H. The number of fused-ring (bicyclic) bond motifs is 1. The Balaban J connectivity index is 1.13. The number of benzene rings is 7. The molecular weight excluding hydrogens is 599 g/mol. The minimum absolute atomic E-state index is 0.627. The lowest BCUT2D eigenvalue weighted by molar-refractivity contribution is 1.07. The first-order chi connectivity index (χ1) is 24.2. The van der Waals surface area contributed by atoms with Gasteiger partial charge in [0.1, 0.15) is 0 Å². The second-order valence-corrected chi connectivity index (χ2v) is 11.8. The monoisotopic (exact) mass is 629 g/mol. The van der Waals surface area contributed by atoms with Crippen LogP contribution < -0.4 is 5.32 Å². The van der Waals surface area contributed by atoms with E-state index in [0.717, 1.165) is 66.7 Å². The van der Waals surface area contributed by atoms with Crippen LogP contribution in [0.15, 0.2) is 170 Å². The van der Waals surface area contributed by atoms with Crippen LogP contribution >= 0.6 is 0 Å². The summed E-state index contributed by atoms with van der Waals surface area (Å²) in [5.41, 5.74) is 9.91. The Bertz CT molecular complexity index is 2380. The minimum atomic E-state index is 0.627. The molecule has 49 heavy (non-hydrogen) atoms. The van der Waals surface area contributed by atoms with E-state index in [1.54, 1.807) is 0 Å². The molecule has 0 bridgehead atoms. The number of nitrogens with one attached hydrogen (secondary N) is 2. The molecule has 0 atom stereocenters. The molecular formula is C44H31N5. The largest absolute Gasteiger partial charge is 0.355 e. The number of hydrogen-bond acceptors (Lipinski definition) is 5. The van der Waals surface area contributed by atoms with Crippen LogP contribution in [0.5, 0.6) is 0 Å². The summed E-state index contributed by atoms with van der Waals surface area (Å²) >= 11 is 0. The number of rotatable bonds is 8. The van der Waals surface area contributed by atoms with Gasteiger partial charge in [-0.05, 0) is 63.4 Å². The fourth-order valence-corrected chi connectivity index (χ4v) is 6.15. The normalized spacial score (nSPS) is 10.9. The van der Waals surface area contributed by atoms with Crippen molar-refractivity contribution in [3.63, 3.8) is 0 Å². The van der Waals surface area contributed by atoms with Crippen molar-refractivity contribution >= 4 is 28.4 Å². The summed E-state index contributed by atoms with van der Waals surface area (Å²) in [6, 6.07) is 57.7. The lowest BCUT2D eigenvalue weighted by atomic mass is 9.97. The highest BCUT2D eigenvalue weighted by molar-refractivity contribution is 6.04. The average molecular weight is 630 g/mol. The Morgan fingerprint density at radius 1 is 0.408 bits per heavy atom. The number of hydrogen-bond donors (Lipinski definition) is 2. The molecule has 0 saturated carbocycles. The average Bonchev–Trinajstić information content (AvgIpc) is 3.18. The topological polar surface area (TPSA) is 74.6 Å². The van der Waals surface area contributed by atoms with Crippen LogP contribution in [0.3, 0.4) is 0 Å². The van der Waals surface area contributed by atoms with Gasteiger partial charge in [-0.25, -0.2) is 15.0 Å². The van der Waals surface area contributed by atoms with E-state index in [1.807, 2.05) is 78.9 Å². The van der Waals surface area contributed by atoms with Gasteiger partial charge < -0.3 is 10.7 Å². The highest BCUT2D eigenvalue weighted by Gasteiger charge is 2.13. The Morgan fingerprint density at radius 3 is 1.49 bits per heavy atom. The zero-order chi connectivity index (χ0) is 33.0.